The predicted molar refractivity (Wildman–Crippen MR) is 54.8 cm³/mol. The molecule has 0 rings (SSSR count). The van der Waals surface area contributed by atoms with Gasteiger partial charge in [-0.15, -0.1) is 0 Å². The molecule has 0 aliphatic heterocycles. The maximum atomic E-state index is 7.50. The Kier molecular flexibility index (Phi) is 326. The summed E-state index contributed by atoms with van der Waals surface area (Å²) in [5.41, 5.74) is 0. The molecule has 0 atom stereocenters. The fraction of sp³-hybridized carbons (Fsp3) is 0.500. The largest absolute Gasteiger partial charge is 4.00 e. The molecule has 0 spiro atoms. The standard InChI is InChI=1S/C4H10S2.4CO.Mo/c1-5-3-4-6-2;4*1-2;/h3-4H2,1-2H3;;;;;/q;;;;;+4/p+2. The first kappa shape index (κ1) is 36.2. The van der Waals surface area contributed by atoms with Crippen LogP contribution in [0.3, 0.4) is 0 Å². The van der Waals surface area contributed by atoms with E-state index in [0.29, 0.717) is 0 Å². The summed E-state index contributed by atoms with van der Waals surface area (Å²) in [7, 11) is 0. The first-order valence-corrected chi connectivity index (χ1v) is 5.90. The average Bonchev–Trinajstić information content (AvgIpc) is 2.36. The molecule has 0 amide bonds. The zero-order chi connectivity index (χ0) is 12.8. The molecular formula is C8H12MoO4S2+6. The maximum Gasteiger partial charge on any atom is 4.00 e. The minimum Gasteiger partial charge on any atom is 4.00 e. The first-order chi connectivity index (χ1) is 6.91. The van der Waals surface area contributed by atoms with Crippen molar-refractivity contribution < 1.29 is 39.7 Å². The van der Waals surface area contributed by atoms with Crippen LogP contribution >= 0.6 is 0 Å². The molecule has 0 aromatic carbocycles. The molecule has 0 bridgehead atoms. The van der Waals surface area contributed by atoms with Crippen molar-refractivity contribution >= 4 is 23.5 Å². The van der Waals surface area contributed by atoms with Crippen LogP contribution in [0, 0.1) is 26.6 Å². The quantitative estimate of drug-likeness (QED) is 0.224. The van der Waals surface area contributed by atoms with Crippen LogP contribution in [0.2, 0.25) is 0 Å². The van der Waals surface area contributed by atoms with Gasteiger partial charge in [0.1, 0.15) is 11.5 Å². The van der Waals surface area contributed by atoms with Crippen LogP contribution in [0.5, 0.6) is 0 Å². The van der Waals surface area contributed by atoms with Crippen LogP contribution in [0.4, 0.5) is 0 Å². The predicted octanol–water partition coefficient (Wildman–Crippen LogP) is -0.277. The van der Waals surface area contributed by atoms with Crippen LogP contribution in [-0.2, 0) is 63.2 Å². The van der Waals surface area contributed by atoms with Gasteiger partial charge >= 0.3 is 66.3 Å². The molecule has 0 N–H and O–H groups in total. The van der Waals surface area contributed by atoms with Crippen LogP contribution in [0.25, 0.3) is 0 Å². The molecule has 0 aromatic heterocycles. The Morgan fingerprint density at radius 1 is 0.667 bits per heavy atom. The van der Waals surface area contributed by atoms with Gasteiger partial charge in [-0.2, -0.15) is 0 Å². The van der Waals surface area contributed by atoms with Crippen molar-refractivity contribution in [3.8, 4) is 0 Å². The van der Waals surface area contributed by atoms with E-state index in [9.17, 15) is 0 Å². The van der Waals surface area contributed by atoms with Gasteiger partial charge in [0, 0.05) is 0 Å². The molecule has 15 heavy (non-hydrogen) atoms. The molecular weight excluding hydrogens is 320 g/mol. The normalized spacial score (nSPS) is 4.13. The van der Waals surface area contributed by atoms with E-state index in [1.54, 1.807) is 0 Å². The van der Waals surface area contributed by atoms with Gasteiger partial charge in [0.15, 0.2) is 0 Å². The number of hydrogen-bond donors (Lipinski definition) is 0. The van der Waals surface area contributed by atoms with E-state index < -0.39 is 0 Å². The Labute approximate surface area is 113 Å². The third-order valence-corrected chi connectivity index (χ3v) is 2.24. The molecule has 0 aliphatic carbocycles. The molecule has 7 heteroatoms. The zero-order valence-electron chi connectivity index (χ0n) is 8.35. The maximum absolute atomic E-state index is 7.50. The Morgan fingerprint density at radius 3 is 0.867 bits per heavy atom. The molecule has 4 nitrogen and oxygen atoms in total. The van der Waals surface area contributed by atoms with Gasteiger partial charge in [-0.1, -0.05) is 0 Å². The Hall–Kier alpha value is 0.348. The number of rotatable bonds is 3. The average molecular weight is 332 g/mol. The molecule has 0 heterocycles. The van der Waals surface area contributed by atoms with Crippen LogP contribution in [0.1, 0.15) is 0 Å². The molecule has 0 aliphatic rings. The second-order valence-electron chi connectivity index (χ2n) is 1.08. The van der Waals surface area contributed by atoms with Gasteiger partial charge in [0.25, 0.3) is 0 Å². The second-order valence-corrected chi connectivity index (χ2v) is 3.24. The fourth-order valence-electron chi connectivity index (χ4n) is 0.200. The first-order valence-electron chi connectivity index (χ1n) is 2.84. The van der Waals surface area contributed by atoms with Crippen molar-refractivity contribution in [2.75, 3.05) is 24.0 Å². The zero-order valence-corrected chi connectivity index (χ0v) is 12.1. The van der Waals surface area contributed by atoms with Crippen molar-refractivity contribution in [1.82, 2.24) is 0 Å². The number of hydrogen-bond acceptors (Lipinski definition) is 0. The third-order valence-electron chi connectivity index (χ3n) is 0.547. The minimum absolute atomic E-state index is 0. The summed E-state index contributed by atoms with van der Waals surface area (Å²) in [6.45, 7) is 18.0. The van der Waals surface area contributed by atoms with Gasteiger partial charge in [-0.3, -0.25) is 0 Å². The molecule has 0 saturated carbocycles. The monoisotopic (exact) mass is 334 g/mol. The van der Waals surface area contributed by atoms with E-state index in [0.717, 1.165) is 0 Å². The van der Waals surface area contributed by atoms with Crippen molar-refractivity contribution in [1.29, 1.82) is 0 Å². The van der Waals surface area contributed by atoms with Gasteiger partial charge in [-0.05, 0) is 23.5 Å². The summed E-state index contributed by atoms with van der Waals surface area (Å²) in [6.07, 6.45) is 4.40. The second kappa shape index (κ2) is 135. The van der Waals surface area contributed by atoms with Crippen LogP contribution in [-0.4, -0.2) is 24.0 Å². The summed E-state index contributed by atoms with van der Waals surface area (Å²) in [5, 5.41) is 0. The van der Waals surface area contributed by atoms with Crippen molar-refractivity contribution in [2.24, 2.45) is 0 Å². The van der Waals surface area contributed by atoms with Crippen LogP contribution < -0.4 is 0 Å². The Balaban J connectivity index is -0.0000000194. The summed E-state index contributed by atoms with van der Waals surface area (Å²) in [4.78, 5) is 0. The van der Waals surface area contributed by atoms with E-state index in [4.69, 9.17) is 18.6 Å². The van der Waals surface area contributed by atoms with Crippen molar-refractivity contribution in [3.63, 3.8) is 0 Å². The van der Waals surface area contributed by atoms with Crippen molar-refractivity contribution in [3.05, 3.63) is 26.6 Å². The van der Waals surface area contributed by atoms with Crippen LogP contribution in [0.15, 0.2) is 0 Å². The van der Waals surface area contributed by atoms with E-state index in [1.165, 1.54) is 35.0 Å². The third kappa shape index (κ3) is 195. The summed E-state index contributed by atoms with van der Waals surface area (Å²) in [5.74, 6) is 2.75. The van der Waals surface area contributed by atoms with E-state index in [2.05, 4.69) is 39.1 Å². The van der Waals surface area contributed by atoms with Gasteiger partial charge in [0.2, 0.25) is 0 Å². The van der Waals surface area contributed by atoms with E-state index in [1.807, 2.05) is 0 Å². The molecule has 80 valence electrons. The van der Waals surface area contributed by atoms with E-state index in [-0.39, 0.29) is 21.1 Å². The topological polar surface area (TPSA) is 79.6 Å². The Bertz CT molecular complexity index is 106. The minimum atomic E-state index is 0. The summed E-state index contributed by atoms with van der Waals surface area (Å²) < 4.78 is 30.0. The molecule has 0 unspecified atom stereocenters. The summed E-state index contributed by atoms with van der Waals surface area (Å²) in [6, 6.07) is 0. The van der Waals surface area contributed by atoms with Crippen molar-refractivity contribution in [2.45, 2.75) is 0 Å². The SMILES string of the molecule is C[SH+]CC[SH+]C.[C-]#[O+].[C-]#[O+].[C-]#[O+].[C-]#[O+].[Mo+4]. The summed E-state index contributed by atoms with van der Waals surface area (Å²) >= 11 is 3.08. The number of thiol groups is 2. The van der Waals surface area contributed by atoms with Gasteiger partial charge < -0.3 is 0 Å². The molecule has 0 radical (unpaired) electrons. The fourth-order valence-corrected chi connectivity index (χ4v) is 1.80. The van der Waals surface area contributed by atoms with Gasteiger partial charge in [0.05, 0.1) is 12.5 Å². The van der Waals surface area contributed by atoms with Gasteiger partial charge in [-0.25, -0.2) is 0 Å². The molecule has 0 aromatic rings. The van der Waals surface area contributed by atoms with E-state index >= 15 is 0 Å². The smallest absolute Gasteiger partial charge is 4.00 e. The Morgan fingerprint density at radius 2 is 0.800 bits per heavy atom. The molecule has 0 saturated heterocycles. The molecule has 0 fully saturated rings.